The number of aryl methyl sites for hydroxylation is 2. The highest BCUT2D eigenvalue weighted by Crippen LogP contribution is 2.20. The molecule has 0 aromatic heterocycles. The highest BCUT2D eigenvalue weighted by Gasteiger charge is 2.34. The first kappa shape index (κ1) is 17.2. The summed E-state index contributed by atoms with van der Waals surface area (Å²) in [5, 5.41) is 2.99. The second-order valence-electron chi connectivity index (χ2n) is 6.81. The molecule has 1 aliphatic rings. The van der Waals surface area contributed by atoms with Gasteiger partial charge in [-0.1, -0.05) is 54.1 Å². The number of amides is 2. The number of carbonyl (C=O) groups is 2. The summed E-state index contributed by atoms with van der Waals surface area (Å²) in [5.41, 5.74) is 4.59. The van der Waals surface area contributed by atoms with Crippen molar-refractivity contribution in [2.24, 2.45) is 5.92 Å². The summed E-state index contributed by atoms with van der Waals surface area (Å²) >= 11 is 0. The maximum Gasteiger partial charge on any atom is 0.225 e. The number of carbonyl (C=O) groups excluding carboxylic acids is 2. The van der Waals surface area contributed by atoms with Crippen LogP contribution in [0.2, 0.25) is 0 Å². The fourth-order valence-corrected chi connectivity index (χ4v) is 3.28. The Labute approximate surface area is 148 Å². The highest BCUT2D eigenvalue weighted by atomic mass is 16.2. The normalized spacial score (nSPS) is 17.0. The largest absolute Gasteiger partial charge is 0.352 e. The summed E-state index contributed by atoms with van der Waals surface area (Å²) in [7, 11) is 0. The molecule has 1 aliphatic heterocycles. The van der Waals surface area contributed by atoms with Gasteiger partial charge in [0.05, 0.1) is 5.92 Å². The Morgan fingerprint density at radius 3 is 2.64 bits per heavy atom. The van der Waals surface area contributed by atoms with Gasteiger partial charge >= 0.3 is 0 Å². The second kappa shape index (κ2) is 7.51. The van der Waals surface area contributed by atoms with Gasteiger partial charge in [0.2, 0.25) is 11.8 Å². The number of nitrogens with zero attached hydrogens (tertiary/aromatic N) is 1. The summed E-state index contributed by atoms with van der Waals surface area (Å²) in [5.74, 6) is -0.249. The molecule has 25 heavy (non-hydrogen) atoms. The molecule has 1 saturated heterocycles. The van der Waals surface area contributed by atoms with E-state index in [1.54, 1.807) is 4.90 Å². The summed E-state index contributed by atoms with van der Waals surface area (Å²) in [4.78, 5) is 26.4. The summed E-state index contributed by atoms with van der Waals surface area (Å²) in [6.45, 7) is 5.68. The van der Waals surface area contributed by atoms with E-state index in [9.17, 15) is 9.59 Å². The quantitative estimate of drug-likeness (QED) is 0.912. The molecule has 2 amide bonds. The van der Waals surface area contributed by atoms with Crippen molar-refractivity contribution in [2.45, 2.75) is 33.4 Å². The zero-order chi connectivity index (χ0) is 17.8. The average Bonchev–Trinajstić information content (AvgIpc) is 2.95. The van der Waals surface area contributed by atoms with E-state index >= 15 is 0 Å². The zero-order valence-electron chi connectivity index (χ0n) is 14.8. The Hall–Kier alpha value is -2.62. The van der Waals surface area contributed by atoms with E-state index in [2.05, 4.69) is 31.3 Å². The smallest absolute Gasteiger partial charge is 0.225 e. The first-order chi connectivity index (χ1) is 12.0. The number of hydrogen-bond donors (Lipinski definition) is 1. The van der Waals surface area contributed by atoms with Gasteiger partial charge in [0.25, 0.3) is 0 Å². The van der Waals surface area contributed by atoms with Gasteiger partial charge in [0, 0.05) is 26.1 Å². The minimum atomic E-state index is -0.262. The number of hydrogen-bond acceptors (Lipinski definition) is 2. The van der Waals surface area contributed by atoms with Crippen LogP contribution in [0.3, 0.4) is 0 Å². The number of benzene rings is 2. The first-order valence-corrected chi connectivity index (χ1v) is 8.68. The van der Waals surface area contributed by atoms with Crippen LogP contribution >= 0.6 is 0 Å². The highest BCUT2D eigenvalue weighted by molar-refractivity contribution is 5.89. The molecule has 1 atom stereocenters. The molecular formula is C21H24N2O2. The van der Waals surface area contributed by atoms with Crippen LogP contribution in [0.4, 0.5) is 0 Å². The lowest BCUT2D eigenvalue weighted by Crippen LogP contribution is -2.32. The molecule has 0 radical (unpaired) electrons. The topological polar surface area (TPSA) is 49.4 Å². The molecule has 1 heterocycles. The van der Waals surface area contributed by atoms with Crippen LogP contribution in [0.25, 0.3) is 0 Å². The van der Waals surface area contributed by atoms with Crippen molar-refractivity contribution in [1.29, 1.82) is 0 Å². The molecule has 0 saturated carbocycles. The van der Waals surface area contributed by atoms with Crippen LogP contribution in [0.5, 0.6) is 0 Å². The van der Waals surface area contributed by atoms with E-state index in [0.717, 1.165) is 11.1 Å². The average molecular weight is 336 g/mol. The lowest BCUT2D eigenvalue weighted by Gasteiger charge is -2.17. The van der Waals surface area contributed by atoms with Gasteiger partial charge in [-0.2, -0.15) is 0 Å². The van der Waals surface area contributed by atoms with Crippen LogP contribution < -0.4 is 5.32 Å². The van der Waals surface area contributed by atoms with Crippen molar-refractivity contribution >= 4 is 11.8 Å². The van der Waals surface area contributed by atoms with Crippen LogP contribution in [-0.2, 0) is 22.7 Å². The summed E-state index contributed by atoms with van der Waals surface area (Å²) in [6, 6.07) is 16.1. The lowest BCUT2D eigenvalue weighted by atomic mass is 10.0. The van der Waals surface area contributed by atoms with Gasteiger partial charge in [-0.3, -0.25) is 9.59 Å². The van der Waals surface area contributed by atoms with Crippen molar-refractivity contribution in [3.8, 4) is 0 Å². The predicted molar refractivity (Wildman–Crippen MR) is 97.7 cm³/mol. The van der Waals surface area contributed by atoms with E-state index in [-0.39, 0.29) is 17.7 Å². The van der Waals surface area contributed by atoms with Gasteiger partial charge in [0.15, 0.2) is 0 Å². The first-order valence-electron chi connectivity index (χ1n) is 8.68. The molecule has 0 aliphatic carbocycles. The number of likely N-dealkylation sites (tertiary alicyclic amines) is 1. The molecule has 0 spiro atoms. The Balaban J connectivity index is 1.55. The molecule has 4 nitrogen and oxygen atoms in total. The fraction of sp³-hybridized carbons (Fsp3) is 0.333. The number of rotatable bonds is 5. The molecular weight excluding hydrogens is 312 g/mol. The van der Waals surface area contributed by atoms with Crippen LogP contribution in [0.15, 0.2) is 48.5 Å². The van der Waals surface area contributed by atoms with Gasteiger partial charge in [0.1, 0.15) is 0 Å². The van der Waals surface area contributed by atoms with Crippen molar-refractivity contribution in [2.75, 3.05) is 6.54 Å². The Morgan fingerprint density at radius 1 is 1.16 bits per heavy atom. The third-order valence-corrected chi connectivity index (χ3v) is 4.75. The van der Waals surface area contributed by atoms with Gasteiger partial charge in [-0.15, -0.1) is 0 Å². The minimum Gasteiger partial charge on any atom is -0.352 e. The van der Waals surface area contributed by atoms with Gasteiger partial charge in [-0.25, -0.2) is 0 Å². The Morgan fingerprint density at radius 2 is 1.92 bits per heavy atom. The van der Waals surface area contributed by atoms with E-state index in [4.69, 9.17) is 0 Å². The van der Waals surface area contributed by atoms with Gasteiger partial charge in [-0.05, 0) is 30.5 Å². The molecule has 1 fully saturated rings. The van der Waals surface area contributed by atoms with Crippen molar-refractivity contribution in [3.63, 3.8) is 0 Å². The number of nitrogens with one attached hydrogen (secondary N) is 1. The minimum absolute atomic E-state index is 0.0381. The molecule has 2 aromatic rings. The molecule has 130 valence electrons. The van der Waals surface area contributed by atoms with Crippen LogP contribution in [-0.4, -0.2) is 23.3 Å². The van der Waals surface area contributed by atoms with Crippen LogP contribution in [0.1, 0.15) is 28.7 Å². The molecule has 3 rings (SSSR count). The van der Waals surface area contributed by atoms with Crippen molar-refractivity contribution < 1.29 is 9.59 Å². The molecule has 4 heteroatoms. The fourth-order valence-electron chi connectivity index (χ4n) is 3.28. The van der Waals surface area contributed by atoms with Crippen molar-refractivity contribution in [3.05, 3.63) is 70.8 Å². The van der Waals surface area contributed by atoms with E-state index in [1.165, 1.54) is 11.1 Å². The monoisotopic (exact) mass is 336 g/mol. The van der Waals surface area contributed by atoms with Crippen molar-refractivity contribution in [1.82, 2.24) is 10.2 Å². The summed E-state index contributed by atoms with van der Waals surface area (Å²) < 4.78 is 0. The van der Waals surface area contributed by atoms with E-state index in [1.807, 2.05) is 36.4 Å². The van der Waals surface area contributed by atoms with E-state index in [0.29, 0.717) is 26.1 Å². The SMILES string of the molecule is Cc1ccc(CNC(=O)C2CC(=O)N(Cc3ccccc3)C2)c(C)c1. The second-order valence-corrected chi connectivity index (χ2v) is 6.81. The molecule has 0 bridgehead atoms. The molecule has 1 N–H and O–H groups in total. The molecule has 2 aromatic carbocycles. The standard InChI is InChI=1S/C21H24N2O2/c1-15-8-9-18(16(2)10-15)12-22-21(25)19-11-20(24)23(14-19)13-17-6-4-3-5-7-17/h3-10,19H,11-14H2,1-2H3,(H,22,25). The maximum absolute atomic E-state index is 12.5. The summed E-state index contributed by atoms with van der Waals surface area (Å²) in [6.07, 6.45) is 0.297. The lowest BCUT2D eigenvalue weighted by molar-refractivity contribution is -0.129. The third kappa shape index (κ3) is 4.27. The molecule has 1 unspecified atom stereocenters. The Kier molecular flexibility index (Phi) is 5.17. The third-order valence-electron chi connectivity index (χ3n) is 4.75. The van der Waals surface area contributed by atoms with Crippen LogP contribution in [0, 0.1) is 19.8 Å². The zero-order valence-corrected chi connectivity index (χ0v) is 14.8. The van der Waals surface area contributed by atoms with Gasteiger partial charge < -0.3 is 10.2 Å². The van der Waals surface area contributed by atoms with E-state index < -0.39 is 0 Å². The predicted octanol–water partition coefficient (Wildman–Crippen LogP) is 2.97. The maximum atomic E-state index is 12.5. The Bertz CT molecular complexity index is 771.